The van der Waals surface area contributed by atoms with Gasteiger partial charge in [0.25, 0.3) is 0 Å². The summed E-state index contributed by atoms with van der Waals surface area (Å²) in [5, 5.41) is 3.29. The second-order valence-electron chi connectivity index (χ2n) is 9.78. The molecule has 2 heterocycles. The predicted octanol–water partition coefficient (Wildman–Crippen LogP) is 2.15. The molecule has 1 aliphatic carbocycles. The molecule has 4 rings (SSSR count). The molecule has 1 saturated carbocycles. The third kappa shape index (κ3) is 5.19. The predicted molar refractivity (Wildman–Crippen MR) is 126 cm³/mol. The Morgan fingerprint density at radius 2 is 1.59 bits per heavy atom. The van der Waals surface area contributed by atoms with Gasteiger partial charge in [0.05, 0.1) is 4.90 Å². The molecular weight excluding hydrogens is 424 g/mol. The number of hydrogen-bond donors (Lipinski definition) is 1. The Balaban J connectivity index is 1.32. The van der Waals surface area contributed by atoms with E-state index in [1.54, 1.807) is 24.3 Å². The van der Waals surface area contributed by atoms with E-state index >= 15 is 0 Å². The van der Waals surface area contributed by atoms with E-state index in [4.69, 9.17) is 0 Å². The topological polar surface area (TPSA) is 73.0 Å². The molecule has 3 aliphatic rings. The number of nitrogens with one attached hydrogen (secondary N) is 1. The van der Waals surface area contributed by atoms with Crippen molar-refractivity contribution in [2.75, 3.05) is 52.9 Å². The van der Waals surface area contributed by atoms with Crippen molar-refractivity contribution in [3.8, 4) is 0 Å². The minimum absolute atomic E-state index is 0.0898. The summed E-state index contributed by atoms with van der Waals surface area (Å²) in [6.45, 7) is 5.84. The maximum atomic E-state index is 13.0. The zero-order chi connectivity index (χ0) is 22.6. The van der Waals surface area contributed by atoms with Gasteiger partial charge in [-0.3, -0.25) is 9.69 Å². The molecule has 8 heteroatoms. The lowest BCUT2D eigenvalue weighted by atomic mass is 9.79. The van der Waals surface area contributed by atoms with E-state index in [1.165, 1.54) is 23.6 Å². The Kier molecular flexibility index (Phi) is 7.54. The van der Waals surface area contributed by atoms with E-state index in [0.29, 0.717) is 30.8 Å². The molecule has 3 fully saturated rings. The molecule has 1 N–H and O–H groups in total. The van der Waals surface area contributed by atoms with Crippen molar-refractivity contribution in [3.05, 3.63) is 30.3 Å². The molecule has 1 aromatic rings. The van der Waals surface area contributed by atoms with Crippen LogP contribution in [-0.4, -0.2) is 86.8 Å². The summed E-state index contributed by atoms with van der Waals surface area (Å²) in [6.07, 6.45) is 7.24. The number of sulfonamides is 1. The number of nitrogens with zero attached hydrogens (tertiary/aromatic N) is 3. The molecule has 0 bridgehead atoms. The van der Waals surface area contributed by atoms with Crippen molar-refractivity contribution in [2.24, 2.45) is 5.92 Å². The lowest BCUT2D eigenvalue weighted by Crippen LogP contribution is -2.61. The highest BCUT2D eigenvalue weighted by Crippen LogP contribution is 2.34. The third-order valence-corrected chi connectivity index (χ3v) is 9.67. The fourth-order valence-corrected chi connectivity index (χ4v) is 7.08. The first-order chi connectivity index (χ1) is 15.4. The van der Waals surface area contributed by atoms with Gasteiger partial charge in [0.15, 0.2) is 0 Å². The first-order valence-electron chi connectivity index (χ1n) is 12.2. The second-order valence-corrected chi connectivity index (χ2v) is 11.7. The highest BCUT2D eigenvalue weighted by molar-refractivity contribution is 7.89. The van der Waals surface area contributed by atoms with Crippen LogP contribution in [0.15, 0.2) is 35.2 Å². The van der Waals surface area contributed by atoms with Crippen LogP contribution in [0.3, 0.4) is 0 Å². The molecule has 0 atom stereocenters. The number of piperazine rings is 1. The summed E-state index contributed by atoms with van der Waals surface area (Å²) >= 11 is 0. The van der Waals surface area contributed by atoms with Crippen molar-refractivity contribution >= 4 is 15.9 Å². The van der Waals surface area contributed by atoms with Crippen molar-refractivity contribution in [3.63, 3.8) is 0 Å². The van der Waals surface area contributed by atoms with Gasteiger partial charge >= 0.3 is 0 Å². The van der Waals surface area contributed by atoms with Crippen LogP contribution in [0.5, 0.6) is 0 Å². The fourth-order valence-electron chi connectivity index (χ4n) is 5.59. The lowest BCUT2D eigenvalue weighted by molar-refractivity contribution is -0.127. The van der Waals surface area contributed by atoms with Gasteiger partial charge in [-0.2, -0.15) is 4.31 Å². The maximum Gasteiger partial charge on any atom is 0.243 e. The van der Waals surface area contributed by atoms with Crippen molar-refractivity contribution < 1.29 is 13.2 Å². The van der Waals surface area contributed by atoms with Crippen molar-refractivity contribution in [2.45, 2.75) is 55.4 Å². The Labute approximate surface area is 193 Å². The number of carbonyl (C=O) groups excluding carboxylic acids is 1. The van der Waals surface area contributed by atoms with E-state index in [2.05, 4.69) is 22.2 Å². The van der Waals surface area contributed by atoms with Gasteiger partial charge in [-0.15, -0.1) is 0 Å². The van der Waals surface area contributed by atoms with Gasteiger partial charge in [-0.25, -0.2) is 8.42 Å². The average Bonchev–Trinajstić information content (AvgIpc) is 2.84. The highest BCUT2D eigenvalue weighted by Gasteiger charge is 2.40. The Morgan fingerprint density at radius 3 is 2.22 bits per heavy atom. The summed E-state index contributed by atoms with van der Waals surface area (Å²) in [6, 6.07) is 8.58. The average molecular weight is 463 g/mol. The number of likely N-dealkylation sites (N-methyl/N-ethyl adjacent to an activating group) is 1. The van der Waals surface area contributed by atoms with Gasteiger partial charge in [0, 0.05) is 57.3 Å². The molecule has 0 unspecified atom stereocenters. The smallest absolute Gasteiger partial charge is 0.243 e. The van der Waals surface area contributed by atoms with Crippen LogP contribution in [0.4, 0.5) is 0 Å². The van der Waals surface area contributed by atoms with Crippen LogP contribution in [0.25, 0.3) is 0 Å². The highest BCUT2D eigenvalue weighted by atomic mass is 32.2. The SMILES string of the molecule is CN1CCN(C2(CNC(=O)C3CCN(S(=O)(=O)c4ccccc4)CC3)CCCCC2)CC1. The van der Waals surface area contributed by atoms with E-state index in [1.807, 2.05) is 6.07 Å². The molecule has 178 valence electrons. The summed E-state index contributed by atoms with van der Waals surface area (Å²) in [7, 11) is -1.30. The van der Waals surface area contributed by atoms with Crippen LogP contribution in [0, 0.1) is 5.92 Å². The molecule has 0 spiro atoms. The number of carbonyl (C=O) groups is 1. The fraction of sp³-hybridized carbons (Fsp3) is 0.708. The molecule has 32 heavy (non-hydrogen) atoms. The molecular formula is C24H38N4O3S. The summed E-state index contributed by atoms with van der Waals surface area (Å²) in [5.74, 6) is -0.00816. The largest absolute Gasteiger partial charge is 0.354 e. The van der Waals surface area contributed by atoms with Gasteiger partial charge in [-0.1, -0.05) is 37.5 Å². The zero-order valence-electron chi connectivity index (χ0n) is 19.3. The molecule has 2 aliphatic heterocycles. The standard InChI is InChI=1S/C24H38N4O3S/c1-26-16-18-27(19-17-26)24(12-6-3-7-13-24)20-25-23(29)21-10-14-28(15-11-21)32(30,31)22-8-4-2-5-9-22/h2,4-5,8-9,21H,3,6-7,10-20H2,1H3,(H,25,29). The minimum atomic E-state index is -3.48. The van der Waals surface area contributed by atoms with Crippen LogP contribution < -0.4 is 5.32 Å². The first kappa shape index (κ1) is 23.7. The van der Waals surface area contributed by atoms with Gasteiger partial charge < -0.3 is 10.2 Å². The minimum Gasteiger partial charge on any atom is -0.354 e. The number of piperidine rings is 1. The molecule has 0 radical (unpaired) electrons. The van der Waals surface area contributed by atoms with Gasteiger partial charge in [0.1, 0.15) is 0 Å². The monoisotopic (exact) mass is 462 g/mol. The van der Waals surface area contributed by atoms with Crippen molar-refractivity contribution in [1.82, 2.24) is 19.4 Å². The Hall–Kier alpha value is -1.48. The maximum absolute atomic E-state index is 13.0. The van der Waals surface area contributed by atoms with Crippen LogP contribution >= 0.6 is 0 Å². The lowest BCUT2D eigenvalue weighted by Gasteiger charge is -2.49. The van der Waals surface area contributed by atoms with E-state index in [0.717, 1.165) is 45.6 Å². The number of amides is 1. The second kappa shape index (κ2) is 10.2. The molecule has 7 nitrogen and oxygen atoms in total. The van der Waals surface area contributed by atoms with E-state index in [-0.39, 0.29) is 17.4 Å². The van der Waals surface area contributed by atoms with Crippen molar-refractivity contribution in [1.29, 1.82) is 0 Å². The third-order valence-electron chi connectivity index (χ3n) is 7.76. The van der Waals surface area contributed by atoms with Gasteiger partial charge in [-0.05, 0) is 44.9 Å². The Morgan fingerprint density at radius 1 is 0.969 bits per heavy atom. The first-order valence-corrected chi connectivity index (χ1v) is 13.6. The molecule has 1 amide bonds. The summed E-state index contributed by atoms with van der Waals surface area (Å²) < 4.78 is 27.2. The van der Waals surface area contributed by atoms with E-state index < -0.39 is 10.0 Å². The zero-order valence-corrected chi connectivity index (χ0v) is 20.2. The van der Waals surface area contributed by atoms with Crippen LogP contribution in [-0.2, 0) is 14.8 Å². The molecule has 1 aromatic carbocycles. The normalized spacial score (nSPS) is 24.3. The summed E-state index contributed by atoms with van der Waals surface area (Å²) in [4.78, 5) is 18.4. The number of benzene rings is 1. The van der Waals surface area contributed by atoms with Crippen LogP contribution in [0.1, 0.15) is 44.9 Å². The molecule has 0 aromatic heterocycles. The quantitative estimate of drug-likeness (QED) is 0.701. The van der Waals surface area contributed by atoms with Crippen LogP contribution in [0.2, 0.25) is 0 Å². The van der Waals surface area contributed by atoms with Gasteiger partial charge in [0.2, 0.25) is 15.9 Å². The molecule has 2 saturated heterocycles. The Bertz CT molecular complexity index is 854. The summed E-state index contributed by atoms with van der Waals surface area (Å²) in [5.41, 5.74) is 0.0898. The van der Waals surface area contributed by atoms with E-state index in [9.17, 15) is 13.2 Å². The number of rotatable bonds is 6. The number of hydrogen-bond acceptors (Lipinski definition) is 5.